The number of halogens is 1. The van der Waals surface area contributed by atoms with E-state index in [0.29, 0.717) is 11.1 Å². The second-order valence-corrected chi connectivity index (χ2v) is 6.18. The van der Waals surface area contributed by atoms with Gasteiger partial charge in [-0.1, -0.05) is 42.5 Å². The molecule has 0 saturated heterocycles. The summed E-state index contributed by atoms with van der Waals surface area (Å²) in [5, 5.41) is 5.96. The number of hydrogen-bond acceptors (Lipinski definition) is 1. The summed E-state index contributed by atoms with van der Waals surface area (Å²) in [5.41, 5.74) is 2.23. The Bertz CT molecular complexity index is 1080. The van der Waals surface area contributed by atoms with Gasteiger partial charge in [0.1, 0.15) is 11.5 Å². The van der Waals surface area contributed by atoms with Gasteiger partial charge < -0.3 is 10.3 Å². The number of amides is 1. The molecule has 0 radical (unpaired) electrons. The molecule has 0 aliphatic carbocycles. The van der Waals surface area contributed by atoms with Crippen molar-refractivity contribution >= 4 is 27.6 Å². The Hall–Kier alpha value is -3.14. The third kappa shape index (κ3) is 2.87. The van der Waals surface area contributed by atoms with Crippen LogP contribution in [0.15, 0.2) is 66.7 Å². The zero-order valence-corrected chi connectivity index (χ0v) is 13.7. The highest BCUT2D eigenvalue weighted by Crippen LogP contribution is 2.24. The number of carbonyl (C=O) groups excluding carboxylic acids is 1. The molecule has 25 heavy (non-hydrogen) atoms. The summed E-state index contributed by atoms with van der Waals surface area (Å²) in [6.07, 6.45) is 0. The fourth-order valence-electron chi connectivity index (χ4n) is 3.21. The van der Waals surface area contributed by atoms with Gasteiger partial charge in [0.25, 0.3) is 5.91 Å². The van der Waals surface area contributed by atoms with Crippen molar-refractivity contribution in [2.24, 2.45) is 0 Å². The molecule has 0 aliphatic rings. The van der Waals surface area contributed by atoms with Crippen LogP contribution in [-0.2, 0) is 0 Å². The normalized spacial score (nSPS) is 12.4. The van der Waals surface area contributed by atoms with Crippen molar-refractivity contribution in [3.8, 4) is 0 Å². The van der Waals surface area contributed by atoms with E-state index < -0.39 is 0 Å². The molecule has 4 rings (SSSR count). The van der Waals surface area contributed by atoms with Gasteiger partial charge in [-0.25, -0.2) is 4.39 Å². The standard InChI is InChI=1S/C21H17FN2O/c1-13(17-8-4-6-14-5-2-3-7-18(14)17)23-21(25)20-12-15-11-16(22)9-10-19(15)24-20/h2-13,24H,1H3,(H,23,25)/t13-/m1/s1. The number of hydrogen-bond donors (Lipinski definition) is 2. The Morgan fingerprint density at radius 2 is 1.80 bits per heavy atom. The quantitative estimate of drug-likeness (QED) is 0.548. The predicted molar refractivity (Wildman–Crippen MR) is 98.1 cm³/mol. The van der Waals surface area contributed by atoms with Crippen molar-refractivity contribution in [2.45, 2.75) is 13.0 Å². The Labute approximate surface area is 144 Å². The first-order chi connectivity index (χ1) is 12.1. The maximum absolute atomic E-state index is 13.3. The van der Waals surface area contributed by atoms with Crippen LogP contribution in [-0.4, -0.2) is 10.9 Å². The van der Waals surface area contributed by atoms with Crippen LogP contribution in [0.2, 0.25) is 0 Å². The molecule has 3 aromatic carbocycles. The number of nitrogens with one attached hydrogen (secondary N) is 2. The Kier molecular flexibility index (Phi) is 3.73. The summed E-state index contributed by atoms with van der Waals surface area (Å²) in [5.74, 6) is -0.528. The minimum Gasteiger partial charge on any atom is -0.351 e. The highest BCUT2D eigenvalue weighted by molar-refractivity contribution is 5.98. The van der Waals surface area contributed by atoms with Gasteiger partial charge in [-0.15, -0.1) is 0 Å². The van der Waals surface area contributed by atoms with Gasteiger partial charge in [0, 0.05) is 10.9 Å². The van der Waals surface area contributed by atoms with Crippen LogP contribution in [0.4, 0.5) is 4.39 Å². The number of rotatable bonds is 3. The molecule has 0 aliphatic heterocycles. The smallest absolute Gasteiger partial charge is 0.268 e. The largest absolute Gasteiger partial charge is 0.351 e. The Morgan fingerprint density at radius 3 is 2.68 bits per heavy atom. The third-order valence-corrected chi connectivity index (χ3v) is 4.46. The summed E-state index contributed by atoms with van der Waals surface area (Å²) >= 11 is 0. The molecule has 0 fully saturated rings. The van der Waals surface area contributed by atoms with Gasteiger partial charge in [0.05, 0.1) is 6.04 Å². The minimum absolute atomic E-state index is 0.151. The van der Waals surface area contributed by atoms with Crippen molar-refractivity contribution in [3.05, 3.63) is 83.8 Å². The number of carbonyl (C=O) groups is 1. The summed E-state index contributed by atoms with van der Waals surface area (Å²) in [6.45, 7) is 1.96. The molecule has 0 saturated carbocycles. The number of benzene rings is 3. The Morgan fingerprint density at radius 1 is 1.00 bits per heavy atom. The van der Waals surface area contributed by atoms with Crippen molar-refractivity contribution < 1.29 is 9.18 Å². The lowest BCUT2D eigenvalue weighted by Crippen LogP contribution is -2.27. The van der Waals surface area contributed by atoms with E-state index in [1.807, 2.05) is 31.2 Å². The topological polar surface area (TPSA) is 44.9 Å². The zero-order valence-electron chi connectivity index (χ0n) is 13.7. The summed E-state index contributed by atoms with van der Waals surface area (Å²) < 4.78 is 13.3. The van der Waals surface area contributed by atoms with E-state index in [4.69, 9.17) is 0 Å². The van der Waals surface area contributed by atoms with Gasteiger partial charge >= 0.3 is 0 Å². The molecule has 2 N–H and O–H groups in total. The second kappa shape index (κ2) is 6.06. The molecule has 1 atom stereocenters. The fraction of sp³-hybridized carbons (Fsp3) is 0.0952. The molecule has 1 heterocycles. The van der Waals surface area contributed by atoms with Gasteiger partial charge in [-0.05, 0) is 47.5 Å². The number of aromatic nitrogens is 1. The maximum atomic E-state index is 13.3. The highest BCUT2D eigenvalue weighted by atomic mass is 19.1. The van der Waals surface area contributed by atoms with Gasteiger partial charge in [-0.3, -0.25) is 4.79 Å². The molecule has 1 aromatic heterocycles. The van der Waals surface area contributed by atoms with E-state index in [-0.39, 0.29) is 17.8 Å². The van der Waals surface area contributed by atoms with E-state index in [1.54, 1.807) is 12.1 Å². The average Bonchev–Trinajstić information content (AvgIpc) is 3.04. The summed E-state index contributed by atoms with van der Waals surface area (Å²) in [6, 6.07) is 20.1. The van der Waals surface area contributed by atoms with E-state index >= 15 is 0 Å². The maximum Gasteiger partial charge on any atom is 0.268 e. The highest BCUT2D eigenvalue weighted by Gasteiger charge is 2.15. The van der Waals surface area contributed by atoms with E-state index in [1.165, 1.54) is 12.1 Å². The van der Waals surface area contributed by atoms with E-state index in [0.717, 1.165) is 21.9 Å². The average molecular weight is 332 g/mol. The SMILES string of the molecule is C[C@@H](NC(=O)c1cc2cc(F)ccc2[nH]1)c1cccc2ccccc12. The molecular weight excluding hydrogens is 315 g/mol. The predicted octanol–water partition coefficient (Wildman–Crippen LogP) is 4.95. The number of H-pyrrole nitrogens is 1. The Balaban J connectivity index is 1.62. The van der Waals surface area contributed by atoms with Crippen LogP contribution in [0.3, 0.4) is 0 Å². The van der Waals surface area contributed by atoms with E-state index in [2.05, 4.69) is 28.5 Å². The van der Waals surface area contributed by atoms with Gasteiger partial charge in [0.15, 0.2) is 0 Å². The summed E-state index contributed by atoms with van der Waals surface area (Å²) in [4.78, 5) is 15.6. The number of aromatic amines is 1. The first kappa shape index (κ1) is 15.4. The van der Waals surface area contributed by atoms with E-state index in [9.17, 15) is 9.18 Å². The molecule has 4 aromatic rings. The lowest BCUT2D eigenvalue weighted by molar-refractivity contribution is 0.0936. The lowest BCUT2D eigenvalue weighted by atomic mass is 9.99. The van der Waals surface area contributed by atoms with Crippen LogP contribution in [0, 0.1) is 5.82 Å². The van der Waals surface area contributed by atoms with Crippen LogP contribution < -0.4 is 5.32 Å². The number of fused-ring (bicyclic) bond motifs is 2. The molecule has 0 spiro atoms. The van der Waals surface area contributed by atoms with Gasteiger partial charge in [0.2, 0.25) is 0 Å². The first-order valence-corrected chi connectivity index (χ1v) is 8.18. The monoisotopic (exact) mass is 332 g/mol. The molecule has 0 unspecified atom stereocenters. The first-order valence-electron chi connectivity index (χ1n) is 8.18. The minimum atomic E-state index is -0.317. The molecule has 4 heteroatoms. The molecule has 1 amide bonds. The fourth-order valence-corrected chi connectivity index (χ4v) is 3.21. The van der Waals surface area contributed by atoms with Crippen LogP contribution in [0.25, 0.3) is 21.7 Å². The van der Waals surface area contributed by atoms with Crippen molar-refractivity contribution in [2.75, 3.05) is 0 Å². The second-order valence-electron chi connectivity index (χ2n) is 6.18. The van der Waals surface area contributed by atoms with Crippen LogP contribution in [0.1, 0.15) is 29.0 Å². The molecule has 3 nitrogen and oxygen atoms in total. The molecule has 0 bridgehead atoms. The van der Waals surface area contributed by atoms with Crippen molar-refractivity contribution in [3.63, 3.8) is 0 Å². The van der Waals surface area contributed by atoms with Crippen LogP contribution in [0.5, 0.6) is 0 Å². The van der Waals surface area contributed by atoms with Crippen molar-refractivity contribution in [1.82, 2.24) is 10.3 Å². The molecule has 124 valence electrons. The van der Waals surface area contributed by atoms with Crippen molar-refractivity contribution in [1.29, 1.82) is 0 Å². The lowest BCUT2D eigenvalue weighted by Gasteiger charge is -2.16. The molecular formula is C21H17FN2O. The van der Waals surface area contributed by atoms with Gasteiger partial charge in [-0.2, -0.15) is 0 Å². The zero-order chi connectivity index (χ0) is 17.4. The van der Waals surface area contributed by atoms with Crippen LogP contribution >= 0.6 is 0 Å². The summed E-state index contributed by atoms with van der Waals surface area (Å²) in [7, 11) is 0. The third-order valence-electron chi connectivity index (χ3n) is 4.46.